The number of phenols is 1. The predicted molar refractivity (Wildman–Crippen MR) is 88.7 cm³/mol. The monoisotopic (exact) mass is 318 g/mol. The van der Waals surface area contributed by atoms with E-state index in [0.29, 0.717) is 23.6 Å². The lowest BCUT2D eigenvalue weighted by Gasteiger charge is -2.18. The number of rotatable bonds is 5. The first-order valence-electron chi connectivity index (χ1n) is 7.53. The van der Waals surface area contributed by atoms with Crippen LogP contribution in [0, 0.1) is 13.8 Å². The summed E-state index contributed by atoms with van der Waals surface area (Å²) in [6, 6.07) is 3.72. The van der Waals surface area contributed by atoms with Gasteiger partial charge in [-0.2, -0.15) is 0 Å². The molecule has 2 rings (SSSR count). The average Bonchev–Trinajstić information content (AvgIpc) is 2.51. The quantitative estimate of drug-likeness (QED) is 0.669. The largest absolute Gasteiger partial charge is 0.504 e. The number of benzene rings is 2. The minimum absolute atomic E-state index is 0.0299. The highest BCUT2D eigenvalue weighted by molar-refractivity contribution is 6.00. The fourth-order valence-corrected chi connectivity index (χ4v) is 2.50. The van der Waals surface area contributed by atoms with Crippen molar-refractivity contribution < 1.29 is 24.1 Å². The van der Waals surface area contributed by atoms with Crippen LogP contribution in [0.3, 0.4) is 0 Å². The molecule has 1 N–H and O–H groups in total. The van der Waals surface area contributed by atoms with Crippen LogP contribution < -0.4 is 14.2 Å². The number of ether oxygens (including phenoxy) is 3. The van der Waals surface area contributed by atoms with Gasteiger partial charge in [-0.15, -0.1) is 0 Å². The first kappa shape index (κ1) is 16.9. The Hall–Kier alpha value is -2.43. The number of phenolic OH excluding ortho intramolecular Hbond substituents is 1. The number of hydrogen-bond acceptors (Lipinski definition) is 5. The molecule has 0 aliphatic heterocycles. The molecule has 0 atom stereocenters. The van der Waals surface area contributed by atoms with Gasteiger partial charge in [0.1, 0.15) is 0 Å². The molecule has 0 saturated carbocycles. The van der Waals surface area contributed by atoms with E-state index >= 15 is 0 Å². The first-order valence-corrected chi connectivity index (χ1v) is 7.53. The van der Waals surface area contributed by atoms with Crippen LogP contribution in [0.4, 0.5) is 0 Å². The second kappa shape index (κ2) is 6.77. The number of aromatic hydroxyl groups is 1. The number of hydrogen-bond donors (Lipinski definition) is 1. The van der Waals surface area contributed by atoms with Gasteiger partial charge in [-0.1, -0.05) is 6.92 Å². The maximum atomic E-state index is 12.0. The van der Waals surface area contributed by atoms with Gasteiger partial charge in [0.2, 0.25) is 11.5 Å². The Morgan fingerprint density at radius 1 is 1.00 bits per heavy atom. The molecule has 0 heterocycles. The van der Waals surface area contributed by atoms with Crippen molar-refractivity contribution in [2.45, 2.75) is 33.6 Å². The van der Waals surface area contributed by atoms with Gasteiger partial charge < -0.3 is 19.3 Å². The van der Waals surface area contributed by atoms with E-state index in [4.69, 9.17) is 14.2 Å². The lowest BCUT2D eigenvalue weighted by atomic mass is 10.00. The second-order valence-corrected chi connectivity index (χ2v) is 5.45. The Morgan fingerprint density at radius 3 is 2.09 bits per heavy atom. The third-order valence-electron chi connectivity index (χ3n) is 3.84. The van der Waals surface area contributed by atoms with E-state index < -0.39 is 0 Å². The fourth-order valence-electron chi connectivity index (χ4n) is 2.50. The summed E-state index contributed by atoms with van der Waals surface area (Å²) in [4.78, 5) is 12.0. The van der Waals surface area contributed by atoms with E-state index in [-0.39, 0.29) is 29.0 Å². The number of fused-ring (bicyclic) bond motifs is 1. The van der Waals surface area contributed by atoms with E-state index in [1.54, 1.807) is 0 Å². The average molecular weight is 318 g/mol. The van der Waals surface area contributed by atoms with Gasteiger partial charge in [0, 0.05) is 17.2 Å². The molecular weight excluding hydrogens is 296 g/mol. The molecule has 5 heteroatoms. The Labute approximate surface area is 135 Å². The molecule has 124 valence electrons. The van der Waals surface area contributed by atoms with Gasteiger partial charge >= 0.3 is 5.97 Å². The zero-order valence-corrected chi connectivity index (χ0v) is 14.1. The number of carbonyl (C=O) groups is 1. The number of aryl methyl sites for hydroxylation is 2. The smallest absolute Gasteiger partial charge is 0.311 e. The highest BCUT2D eigenvalue weighted by Crippen LogP contribution is 2.51. The van der Waals surface area contributed by atoms with Gasteiger partial charge in [0.15, 0.2) is 11.5 Å². The van der Waals surface area contributed by atoms with Crippen molar-refractivity contribution in [1.29, 1.82) is 0 Å². The summed E-state index contributed by atoms with van der Waals surface area (Å²) in [5.74, 6) is 0.266. The summed E-state index contributed by atoms with van der Waals surface area (Å²) in [5.41, 5.74) is 2.04. The lowest BCUT2D eigenvalue weighted by Crippen LogP contribution is -2.09. The minimum Gasteiger partial charge on any atom is -0.504 e. The molecule has 0 radical (unpaired) electrons. The third-order valence-corrected chi connectivity index (χ3v) is 3.84. The number of methoxy groups -OCH3 is 2. The maximum absolute atomic E-state index is 12.0. The second-order valence-electron chi connectivity index (χ2n) is 5.45. The van der Waals surface area contributed by atoms with Crippen molar-refractivity contribution in [2.24, 2.45) is 0 Å². The fraction of sp³-hybridized carbons (Fsp3) is 0.389. The van der Waals surface area contributed by atoms with Crippen LogP contribution in [0.5, 0.6) is 23.0 Å². The molecule has 0 aliphatic carbocycles. The zero-order valence-electron chi connectivity index (χ0n) is 14.1. The molecule has 0 amide bonds. The van der Waals surface area contributed by atoms with Crippen LogP contribution in [-0.4, -0.2) is 25.3 Å². The number of esters is 1. The van der Waals surface area contributed by atoms with Crippen molar-refractivity contribution >= 4 is 16.7 Å². The summed E-state index contributed by atoms with van der Waals surface area (Å²) in [6.45, 7) is 5.81. The van der Waals surface area contributed by atoms with Crippen LogP contribution >= 0.6 is 0 Å². The SMILES string of the molecule is CCCC(=O)Oc1c(OC)c(OC)c(O)c2cc(C)c(C)cc12. The summed E-state index contributed by atoms with van der Waals surface area (Å²) in [5, 5.41) is 11.7. The van der Waals surface area contributed by atoms with Crippen LogP contribution in [0.25, 0.3) is 10.8 Å². The minimum atomic E-state index is -0.349. The molecule has 0 bridgehead atoms. The third kappa shape index (κ3) is 3.04. The van der Waals surface area contributed by atoms with E-state index in [2.05, 4.69) is 0 Å². The molecule has 0 aliphatic rings. The van der Waals surface area contributed by atoms with E-state index in [1.807, 2.05) is 32.9 Å². The normalized spacial score (nSPS) is 10.7. The Kier molecular flexibility index (Phi) is 4.98. The first-order chi connectivity index (χ1) is 10.9. The highest BCUT2D eigenvalue weighted by Gasteiger charge is 2.24. The maximum Gasteiger partial charge on any atom is 0.311 e. The van der Waals surface area contributed by atoms with E-state index in [0.717, 1.165) is 11.1 Å². The van der Waals surface area contributed by atoms with E-state index in [1.165, 1.54) is 14.2 Å². The van der Waals surface area contributed by atoms with Crippen molar-refractivity contribution in [3.05, 3.63) is 23.3 Å². The summed E-state index contributed by atoms with van der Waals surface area (Å²) in [6.07, 6.45) is 0.991. The number of carbonyl (C=O) groups excluding carboxylic acids is 1. The molecule has 23 heavy (non-hydrogen) atoms. The van der Waals surface area contributed by atoms with Crippen molar-refractivity contribution in [2.75, 3.05) is 14.2 Å². The topological polar surface area (TPSA) is 65.0 Å². The summed E-state index contributed by atoms with van der Waals surface area (Å²) >= 11 is 0. The molecular formula is C18H22O5. The highest BCUT2D eigenvalue weighted by atomic mass is 16.6. The van der Waals surface area contributed by atoms with Gasteiger partial charge in [-0.3, -0.25) is 4.79 Å². The Morgan fingerprint density at radius 2 is 1.57 bits per heavy atom. The van der Waals surface area contributed by atoms with Crippen molar-refractivity contribution in [1.82, 2.24) is 0 Å². The Bertz CT molecular complexity index is 749. The van der Waals surface area contributed by atoms with Gasteiger partial charge in [0.25, 0.3) is 0 Å². The zero-order chi connectivity index (χ0) is 17.1. The Balaban J connectivity index is 2.81. The standard InChI is InChI=1S/C18H22O5/c1-6-7-14(19)23-16-13-9-11(3)10(2)8-12(13)15(20)17(21-4)18(16)22-5/h8-9,20H,6-7H2,1-5H3. The van der Waals surface area contributed by atoms with Crippen molar-refractivity contribution in [3.8, 4) is 23.0 Å². The molecule has 0 spiro atoms. The molecule has 5 nitrogen and oxygen atoms in total. The van der Waals surface area contributed by atoms with Crippen molar-refractivity contribution in [3.63, 3.8) is 0 Å². The molecule has 0 saturated heterocycles. The van der Waals surface area contributed by atoms with Gasteiger partial charge in [0.05, 0.1) is 14.2 Å². The van der Waals surface area contributed by atoms with Crippen LogP contribution in [0.2, 0.25) is 0 Å². The van der Waals surface area contributed by atoms with Gasteiger partial charge in [-0.25, -0.2) is 0 Å². The van der Waals surface area contributed by atoms with Crippen LogP contribution in [0.1, 0.15) is 30.9 Å². The molecule has 0 aromatic heterocycles. The molecule has 0 unspecified atom stereocenters. The molecule has 0 fully saturated rings. The van der Waals surface area contributed by atoms with E-state index in [9.17, 15) is 9.90 Å². The van der Waals surface area contributed by atoms with Gasteiger partial charge in [-0.05, 0) is 43.5 Å². The summed E-state index contributed by atoms with van der Waals surface area (Å²) < 4.78 is 16.1. The summed E-state index contributed by atoms with van der Waals surface area (Å²) in [7, 11) is 2.88. The van der Waals surface area contributed by atoms with Crippen LogP contribution in [-0.2, 0) is 4.79 Å². The molecule has 2 aromatic rings. The molecule has 2 aromatic carbocycles. The predicted octanol–water partition coefficient (Wildman–Crippen LogP) is 3.88. The van der Waals surface area contributed by atoms with Crippen LogP contribution in [0.15, 0.2) is 12.1 Å². The lowest BCUT2D eigenvalue weighted by molar-refractivity contribution is -0.134.